The van der Waals surface area contributed by atoms with Gasteiger partial charge < -0.3 is 5.32 Å². The number of imidazole rings is 1. The van der Waals surface area contributed by atoms with Crippen LogP contribution in [0.5, 0.6) is 0 Å². The number of nitrogens with zero attached hydrogens (tertiary/aromatic N) is 2. The van der Waals surface area contributed by atoms with Gasteiger partial charge in [0.2, 0.25) is 5.91 Å². The molecule has 2 atom stereocenters. The summed E-state index contributed by atoms with van der Waals surface area (Å²) in [5.74, 6) is 0.455. The Morgan fingerprint density at radius 3 is 2.50 bits per heavy atom. The molecule has 1 saturated carbocycles. The highest BCUT2D eigenvalue weighted by molar-refractivity contribution is 5.81. The van der Waals surface area contributed by atoms with E-state index >= 15 is 0 Å². The molecule has 1 N–H and O–H groups in total. The Morgan fingerprint density at radius 1 is 1.17 bits per heavy atom. The van der Waals surface area contributed by atoms with E-state index in [0.717, 1.165) is 23.9 Å². The smallest absolute Gasteiger partial charge is 0.329 e. The number of hydrogen-bond acceptors (Lipinski definition) is 2. The average molecular weight is 329 g/mol. The van der Waals surface area contributed by atoms with Crippen molar-refractivity contribution in [1.82, 2.24) is 14.5 Å². The number of rotatable bonds is 5. The molecule has 5 heteroatoms. The maximum absolute atomic E-state index is 12.7. The molecular formula is C19H27N3O2. The van der Waals surface area contributed by atoms with Crippen LogP contribution in [0.2, 0.25) is 0 Å². The third-order valence-corrected chi connectivity index (χ3v) is 5.13. The lowest BCUT2D eigenvalue weighted by molar-refractivity contribution is -0.122. The minimum atomic E-state index is -0.0927. The highest BCUT2D eigenvalue weighted by atomic mass is 16.2. The summed E-state index contributed by atoms with van der Waals surface area (Å²) in [5, 5.41) is 3.14. The zero-order valence-electron chi connectivity index (χ0n) is 14.6. The van der Waals surface area contributed by atoms with Gasteiger partial charge >= 0.3 is 5.69 Å². The molecule has 1 amide bonds. The second-order valence-electron chi connectivity index (χ2n) is 6.94. The van der Waals surface area contributed by atoms with Crippen molar-refractivity contribution in [2.24, 2.45) is 5.92 Å². The van der Waals surface area contributed by atoms with Crippen molar-refractivity contribution in [1.29, 1.82) is 0 Å². The number of aromatic nitrogens is 2. The molecule has 1 aliphatic rings. The number of carbonyl (C=O) groups excluding carboxylic acids is 1. The van der Waals surface area contributed by atoms with Crippen molar-refractivity contribution in [2.45, 2.75) is 65.1 Å². The van der Waals surface area contributed by atoms with Crippen molar-refractivity contribution >= 4 is 16.9 Å². The first-order valence-corrected chi connectivity index (χ1v) is 9.09. The summed E-state index contributed by atoms with van der Waals surface area (Å²) in [5.41, 5.74) is 1.65. The van der Waals surface area contributed by atoms with Gasteiger partial charge in [-0.25, -0.2) is 4.79 Å². The van der Waals surface area contributed by atoms with Gasteiger partial charge in [-0.05, 0) is 37.3 Å². The van der Waals surface area contributed by atoms with Gasteiger partial charge in [-0.1, -0.05) is 38.8 Å². The van der Waals surface area contributed by atoms with E-state index in [1.165, 1.54) is 19.3 Å². The Hall–Kier alpha value is -2.04. The van der Waals surface area contributed by atoms with Crippen LogP contribution >= 0.6 is 0 Å². The number of hydrogen-bond donors (Lipinski definition) is 1. The van der Waals surface area contributed by atoms with Crippen LogP contribution in [0.1, 0.15) is 46.0 Å². The summed E-state index contributed by atoms with van der Waals surface area (Å²) in [6.45, 7) is 5.02. The fourth-order valence-corrected chi connectivity index (χ4v) is 3.79. The zero-order valence-corrected chi connectivity index (χ0v) is 14.6. The van der Waals surface area contributed by atoms with E-state index in [1.807, 2.05) is 24.3 Å². The number of aryl methyl sites for hydroxylation is 1. The Kier molecular flexibility index (Phi) is 5.07. The molecule has 0 spiro atoms. The molecule has 0 bridgehead atoms. The molecule has 0 unspecified atom stereocenters. The molecule has 1 aromatic carbocycles. The van der Waals surface area contributed by atoms with E-state index < -0.39 is 0 Å². The standard InChI is InChI=1S/C19H27N3O2/c1-3-12-21-16-10-6-7-11-17(16)22(19(21)24)13-18(23)20-15-9-5-4-8-14(15)2/h6-7,10-11,14-15H,3-5,8-9,12-13H2,1-2H3,(H,20,23)/t14-,15-/m0/s1. The number of carbonyl (C=O) groups is 1. The minimum Gasteiger partial charge on any atom is -0.352 e. The molecule has 1 fully saturated rings. The highest BCUT2D eigenvalue weighted by Gasteiger charge is 2.23. The van der Waals surface area contributed by atoms with Crippen LogP contribution in [0.4, 0.5) is 0 Å². The van der Waals surface area contributed by atoms with Crippen LogP contribution < -0.4 is 11.0 Å². The molecule has 1 aromatic heterocycles. The zero-order chi connectivity index (χ0) is 17.1. The topological polar surface area (TPSA) is 56.0 Å². The van der Waals surface area contributed by atoms with E-state index in [4.69, 9.17) is 0 Å². The number of nitrogens with one attached hydrogen (secondary N) is 1. The van der Waals surface area contributed by atoms with Gasteiger partial charge in [0.05, 0.1) is 11.0 Å². The van der Waals surface area contributed by atoms with Gasteiger partial charge in [0.25, 0.3) is 0 Å². The van der Waals surface area contributed by atoms with Crippen LogP contribution in [0.15, 0.2) is 29.1 Å². The van der Waals surface area contributed by atoms with Crippen molar-refractivity contribution in [3.8, 4) is 0 Å². The molecule has 5 nitrogen and oxygen atoms in total. The normalized spacial score (nSPS) is 21.1. The summed E-state index contributed by atoms with van der Waals surface area (Å²) in [7, 11) is 0. The monoisotopic (exact) mass is 329 g/mol. The Labute approximate surface area is 142 Å². The van der Waals surface area contributed by atoms with Crippen LogP contribution in [-0.2, 0) is 17.9 Å². The van der Waals surface area contributed by atoms with E-state index in [1.54, 1.807) is 9.13 Å². The molecule has 0 aliphatic heterocycles. The second-order valence-corrected chi connectivity index (χ2v) is 6.94. The molecular weight excluding hydrogens is 302 g/mol. The van der Waals surface area contributed by atoms with Gasteiger partial charge in [0.1, 0.15) is 6.54 Å². The molecule has 24 heavy (non-hydrogen) atoms. The predicted octanol–water partition coefficient (Wildman–Crippen LogP) is 2.91. The first-order valence-electron chi connectivity index (χ1n) is 9.09. The fourth-order valence-electron chi connectivity index (χ4n) is 3.79. The lowest BCUT2D eigenvalue weighted by atomic mass is 9.86. The van der Waals surface area contributed by atoms with Crippen LogP contribution in [0.3, 0.4) is 0 Å². The first-order chi connectivity index (χ1) is 11.6. The summed E-state index contributed by atoms with van der Waals surface area (Å²) < 4.78 is 3.37. The number of para-hydroxylation sites is 2. The quantitative estimate of drug-likeness (QED) is 0.917. The highest BCUT2D eigenvalue weighted by Crippen LogP contribution is 2.23. The molecule has 130 valence electrons. The van der Waals surface area contributed by atoms with Crippen LogP contribution in [0.25, 0.3) is 11.0 Å². The second kappa shape index (κ2) is 7.24. The van der Waals surface area contributed by atoms with Gasteiger partial charge in [0, 0.05) is 12.6 Å². The predicted molar refractivity (Wildman–Crippen MR) is 96.1 cm³/mol. The molecule has 0 saturated heterocycles. The Bertz CT molecular complexity index is 775. The number of fused-ring (bicyclic) bond motifs is 1. The third kappa shape index (κ3) is 3.25. The summed E-state index contributed by atoms with van der Waals surface area (Å²) in [6, 6.07) is 7.95. The van der Waals surface area contributed by atoms with E-state index in [9.17, 15) is 9.59 Å². The maximum Gasteiger partial charge on any atom is 0.329 e. The van der Waals surface area contributed by atoms with Gasteiger partial charge in [-0.15, -0.1) is 0 Å². The molecule has 1 heterocycles. The van der Waals surface area contributed by atoms with Gasteiger partial charge in [0.15, 0.2) is 0 Å². The lowest BCUT2D eigenvalue weighted by Crippen LogP contribution is -2.43. The average Bonchev–Trinajstić information content (AvgIpc) is 2.83. The fraction of sp³-hybridized carbons (Fsp3) is 0.579. The van der Waals surface area contributed by atoms with E-state index in [-0.39, 0.29) is 24.2 Å². The van der Waals surface area contributed by atoms with Gasteiger partial charge in [-0.3, -0.25) is 13.9 Å². The van der Waals surface area contributed by atoms with Crippen LogP contribution in [0, 0.1) is 5.92 Å². The summed E-state index contributed by atoms with van der Waals surface area (Å²) in [6.07, 6.45) is 5.52. The van der Waals surface area contributed by atoms with Crippen molar-refractivity contribution < 1.29 is 4.79 Å². The molecule has 2 aromatic rings. The number of benzene rings is 1. The Balaban J connectivity index is 1.83. The van der Waals surface area contributed by atoms with Gasteiger partial charge in [-0.2, -0.15) is 0 Å². The van der Waals surface area contributed by atoms with Crippen LogP contribution in [-0.4, -0.2) is 21.1 Å². The van der Waals surface area contributed by atoms with E-state index in [0.29, 0.717) is 12.5 Å². The largest absolute Gasteiger partial charge is 0.352 e. The van der Waals surface area contributed by atoms with Crippen molar-refractivity contribution in [2.75, 3.05) is 0 Å². The Morgan fingerprint density at radius 2 is 1.83 bits per heavy atom. The van der Waals surface area contributed by atoms with Crippen molar-refractivity contribution in [3.63, 3.8) is 0 Å². The molecule has 1 aliphatic carbocycles. The molecule has 3 rings (SSSR count). The SMILES string of the molecule is CCCn1c(=O)n(CC(=O)N[C@H]2CCCC[C@@H]2C)c2ccccc21. The summed E-state index contributed by atoms with van der Waals surface area (Å²) in [4.78, 5) is 25.2. The number of amides is 1. The van der Waals surface area contributed by atoms with E-state index in [2.05, 4.69) is 19.2 Å². The lowest BCUT2D eigenvalue weighted by Gasteiger charge is -2.29. The minimum absolute atomic E-state index is 0.0600. The first kappa shape index (κ1) is 16.8. The van der Waals surface area contributed by atoms with Crippen molar-refractivity contribution in [3.05, 3.63) is 34.7 Å². The maximum atomic E-state index is 12.7. The summed E-state index contributed by atoms with van der Waals surface area (Å²) >= 11 is 0. The molecule has 0 radical (unpaired) electrons. The third-order valence-electron chi connectivity index (χ3n) is 5.13.